The highest BCUT2D eigenvalue weighted by Gasteiger charge is 2.34. The maximum Gasteiger partial charge on any atom is 0.312 e. The van der Waals surface area contributed by atoms with Crippen LogP contribution in [0.15, 0.2) is 0 Å². The Morgan fingerprint density at radius 2 is 2.06 bits per heavy atom. The zero-order valence-corrected chi connectivity index (χ0v) is 10.6. The van der Waals surface area contributed by atoms with Gasteiger partial charge in [0.1, 0.15) is 6.54 Å². The Kier molecular flexibility index (Phi) is 4.50. The third kappa shape index (κ3) is 3.19. The number of hydrogen-bond donors (Lipinski definition) is 1. The summed E-state index contributed by atoms with van der Waals surface area (Å²) in [4.78, 5) is 25.0. The van der Waals surface area contributed by atoms with Gasteiger partial charge in [0.05, 0.1) is 6.07 Å². The first-order valence-corrected chi connectivity index (χ1v) is 5.93. The van der Waals surface area contributed by atoms with Crippen LogP contribution in [0.5, 0.6) is 0 Å². The lowest BCUT2D eigenvalue weighted by Crippen LogP contribution is -2.53. The molecule has 0 aromatic carbocycles. The molecule has 0 aromatic heterocycles. The van der Waals surface area contributed by atoms with E-state index in [2.05, 4.69) is 19.2 Å². The quantitative estimate of drug-likeness (QED) is 0.533. The summed E-state index contributed by atoms with van der Waals surface area (Å²) < 4.78 is 0. The molecule has 1 fully saturated rings. The second-order valence-electron chi connectivity index (χ2n) is 4.86. The third-order valence-electron chi connectivity index (χ3n) is 3.38. The Bertz CT molecular complexity index is 348. The summed E-state index contributed by atoms with van der Waals surface area (Å²) in [7, 11) is 0. The first kappa shape index (κ1) is 13.5. The van der Waals surface area contributed by atoms with Gasteiger partial charge in [0.15, 0.2) is 0 Å². The van der Waals surface area contributed by atoms with Gasteiger partial charge in [-0.3, -0.25) is 9.59 Å². The molecule has 1 N–H and O–H groups in total. The monoisotopic (exact) mass is 237 g/mol. The van der Waals surface area contributed by atoms with Crippen LogP contribution in [-0.4, -0.2) is 35.8 Å². The van der Waals surface area contributed by atoms with Crippen molar-refractivity contribution in [2.45, 2.75) is 33.2 Å². The minimum atomic E-state index is -0.681. The summed E-state index contributed by atoms with van der Waals surface area (Å²) in [5.74, 6) is -0.397. The minimum absolute atomic E-state index is 0.0755. The molecule has 3 atom stereocenters. The van der Waals surface area contributed by atoms with E-state index in [1.54, 1.807) is 11.0 Å². The molecule has 5 heteroatoms. The Labute approximate surface area is 102 Å². The summed E-state index contributed by atoms with van der Waals surface area (Å²) >= 11 is 0. The fraction of sp³-hybridized carbons (Fsp3) is 0.750. The first-order chi connectivity index (χ1) is 7.97. The van der Waals surface area contributed by atoms with Crippen LogP contribution in [0.3, 0.4) is 0 Å². The maximum absolute atomic E-state index is 11.9. The van der Waals surface area contributed by atoms with E-state index in [1.807, 2.05) is 6.92 Å². The smallest absolute Gasteiger partial charge is 0.312 e. The topological polar surface area (TPSA) is 73.2 Å². The highest BCUT2D eigenvalue weighted by atomic mass is 16.2. The van der Waals surface area contributed by atoms with Crippen LogP contribution in [0, 0.1) is 23.2 Å². The summed E-state index contributed by atoms with van der Waals surface area (Å²) in [5.41, 5.74) is 0. The predicted octanol–water partition coefficient (Wildman–Crippen LogP) is 0.519. The highest BCUT2D eigenvalue weighted by molar-refractivity contribution is 6.35. The lowest BCUT2D eigenvalue weighted by molar-refractivity contribution is -0.149. The Morgan fingerprint density at radius 1 is 1.41 bits per heavy atom. The van der Waals surface area contributed by atoms with Crippen molar-refractivity contribution < 1.29 is 9.59 Å². The van der Waals surface area contributed by atoms with Crippen molar-refractivity contribution in [2.75, 3.05) is 13.1 Å². The van der Waals surface area contributed by atoms with E-state index in [-0.39, 0.29) is 12.6 Å². The van der Waals surface area contributed by atoms with Crippen LogP contribution in [-0.2, 0) is 9.59 Å². The number of nitrogens with one attached hydrogen (secondary N) is 1. The van der Waals surface area contributed by atoms with Crippen LogP contribution in [0.2, 0.25) is 0 Å². The largest absolute Gasteiger partial charge is 0.335 e. The molecule has 1 aliphatic rings. The van der Waals surface area contributed by atoms with Gasteiger partial charge < -0.3 is 10.2 Å². The van der Waals surface area contributed by atoms with Crippen molar-refractivity contribution in [1.29, 1.82) is 5.26 Å². The second-order valence-corrected chi connectivity index (χ2v) is 4.86. The zero-order valence-electron chi connectivity index (χ0n) is 10.6. The van der Waals surface area contributed by atoms with E-state index < -0.39 is 11.8 Å². The molecule has 3 unspecified atom stereocenters. The van der Waals surface area contributed by atoms with Crippen LogP contribution in [0.25, 0.3) is 0 Å². The van der Waals surface area contributed by atoms with Crippen LogP contribution in [0.4, 0.5) is 0 Å². The van der Waals surface area contributed by atoms with Crippen LogP contribution >= 0.6 is 0 Å². The van der Waals surface area contributed by atoms with Gasteiger partial charge in [0.2, 0.25) is 0 Å². The van der Waals surface area contributed by atoms with Gasteiger partial charge in [-0.25, -0.2) is 0 Å². The number of carbonyl (C=O) groups is 2. The molecule has 0 spiro atoms. The lowest BCUT2D eigenvalue weighted by atomic mass is 9.86. The molecule has 0 aromatic rings. The molecule has 17 heavy (non-hydrogen) atoms. The van der Waals surface area contributed by atoms with E-state index in [1.165, 1.54) is 0 Å². The molecule has 0 saturated carbocycles. The van der Waals surface area contributed by atoms with Crippen molar-refractivity contribution in [3.63, 3.8) is 0 Å². The zero-order chi connectivity index (χ0) is 13.0. The van der Waals surface area contributed by atoms with E-state index in [0.29, 0.717) is 18.4 Å². The standard InChI is InChI=1S/C12H19N3O2/c1-8-6-9(2)10(3)15(7-8)12(17)11(16)14-5-4-13/h8-10H,5-7H2,1-3H3,(H,14,16). The van der Waals surface area contributed by atoms with Crippen LogP contribution < -0.4 is 5.32 Å². The van der Waals surface area contributed by atoms with E-state index in [0.717, 1.165) is 6.42 Å². The maximum atomic E-state index is 11.9. The first-order valence-electron chi connectivity index (χ1n) is 5.93. The fourth-order valence-corrected chi connectivity index (χ4v) is 2.31. The Morgan fingerprint density at radius 3 is 2.65 bits per heavy atom. The molecule has 94 valence electrons. The van der Waals surface area contributed by atoms with E-state index in [9.17, 15) is 9.59 Å². The minimum Gasteiger partial charge on any atom is -0.335 e. The van der Waals surface area contributed by atoms with Crippen molar-refractivity contribution in [1.82, 2.24) is 10.2 Å². The van der Waals surface area contributed by atoms with E-state index >= 15 is 0 Å². The number of nitriles is 1. The summed E-state index contributed by atoms with van der Waals surface area (Å²) in [5, 5.41) is 10.6. The lowest BCUT2D eigenvalue weighted by Gasteiger charge is -2.40. The summed E-state index contributed by atoms with van der Waals surface area (Å²) in [6, 6.07) is 1.86. The molecule has 5 nitrogen and oxygen atoms in total. The van der Waals surface area contributed by atoms with Gasteiger partial charge in [-0.1, -0.05) is 13.8 Å². The van der Waals surface area contributed by atoms with Gasteiger partial charge >= 0.3 is 11.8 Å². The summed E-state index contributed by atoms with van der Waals surface area (Å²) in [6.07, 6.45) is 1.07. The normalized spacial score (nSPS) is 28.4. The number of rotatable bonds is 1. The van der Waals surface area contributed by atoms with Gasteiger partial charge in [-0.2, -0.15) is 5.26 Å². The van der Waals surface area contributed by atoms with Crippen molar-refractivity contribution in [3.05, 3.63) is 0 Å². The third-order valence-corrected chi connectivity index (χ3v) is 3.38. The molecule has 1 rings (SSSR count). The van der Waals surface area contributed by atoms with Crippen molar-refractivity contribution in [2.24, 2.45) is 11.8 Å². The average molecular weight is 237 g/mol. The van der Waals surface area contributed by atoms with Crippen molar-refractivity contribution in [3.8, 4) is 6.07 Å². The molecule has 1 heterocycles. The van der Waals surface area contributed by atoms with Gasteiger partial charge in [-0.05, 0) is 25.2 Å². The van der Waals surface area contributed by atoms with Crippen molar-refractivity contribution >= 4 is 11.8 Å². The Hall–Kier alpha value is -1.57. The number of nitrogens with zero attached hydrogens (tertiary/aromatic N) is 2. The number of carbonyl (C=O) groups excluding carboxylic acids is 2. The fourth-order valence-electron chi connectivity index (χ4n) is 2.31. The second kappa shape index (κ2) is 5.67. The molecule has 1 saturated heterocycles. The average Bonchev–Trinajstić information content (AvgIpc) is 2.29. The SMILES string of the molecule is CC1CC(C)C(C)N(C(=O)C(=O)NCC#N)C1. The number of hydrogen-bond acceptors (Lipinski definition) is 3. The van der Waals surface area contributed by atoms with Gasteiger partial charge in [-0.15, -0.1) is 0 Å². The molecule has 0 radical (unpaired) electrons. The molecule has 1 aliphatic heterocycles. The molecule has 0 bridgehead atoms. The predicted molar refractivity (Wildman–Crippen MR) is 62.7 cm³/mol. The van der Waals surface area contributed by atoms with Crippen LogP contribution in [0.1, 0.15) is 27.2 Å². The Balaban J connectivity index is 2.67. The highest BCUT2D eigenvalue weighted by Crippen LogP contribution is 2.26. The number of amides is 2. The number of piperidine rings is 1. The van der Waals surface area contributed by atoms with Gasteiger partial charge in [0.25, 0.3) is 0 Å². The summed E-state index contributed by atoms with van der Waals surface area (Å²) in [6.45, 7) is 6.62. The van der Waals surface area contributed by atoms with Gasteiger partial charge in [0, 0.05) is 12.6 Å². The molecule has 0 aliphatic carbocycles. The molecule has 2 amide bonds. The molecular formula is C12H19N3O2. The molecular weight excluding hydrogens is 218 g/mol. The number of likely N-dealkylation sites (tertiary alicyclic amines) is 1. The van der Waals surface area contributed by atoms with E-state index in [4.69, 9.17) is 5.26 Å².